The third-order valence-electron chi connectivity index (χ3n) is 5.77. The van der Waals surface area contributed by atoms with Crippen molar-refractivity contribution < 1.29 is 22.4 Å². The molecule has 0 radical (unpaired) electrons. The van der Waals surface area contributed by atoms with E-state index >= 15 is 0 Å². The number of nitrogens with one attached hydrogen (secondary N) is 1. The summed E-state index contributed by atoms with van der Waals surface area (Å²) < 4.78 is 39.7. The number of halogens is 1. The number of likely N-dealkylation sites (tertiary alicyclic amines) is 1. The zero-order valence-corrected chi connectivity index (χ0v) is 18.0. The number of rotatable bonds is 6. The number of nitrogens with zero attached hydrogens (tertiary/aromatic N) is 3. The van der Waals surface area contributed by atoms with Gasteiger partial charge in [0.2, 0.25) is 21.8 Å². The lowest BCUT2D eigenvalue weighted by Crippen LogP contribution is -2.51. The summed E-state index contributed by atoms with van der Waals surface area (Å²) in [7, 11) is -1.73. The maximum Gasteiger partial charge on any atom is 0.240 e. The molecule has 0 atom stereocenters. The van der Waals surface area contributed by atoms with Crippen molar-refractivity contribution in [2.45, 2.75) is 24.2 Å². The maximum atomic E-state index is 12.9. The normalized spacial score (nSPS) is 19.1. The Kier molecular flexibility index (Phi) is 7.43. The van der Waals surface area contributed by atoms with Crippen LogP contribution in [-0.2, 0) is 19.6 Å². The van der Waals surface area contributed by atoms with Gasteiger partial charge in [-0.25, -0.2) is 17.5 Å². The molecular formula is C20H29FN4O4S. The summed E-state index contributed by atoms with van der Waals surface area (Å²) in [6.07, 6.45) is 1.31. The van der Waals surface area contributed by atoms with Crippen LogP contribution in [0.3, 0.4) is 0 Å². The van der Waals surface area contributed by atoms with Crippen molar-refractivity contribution in [1.82, 2.24) is 19.4 Å². The molecule has 2 aliphatic heterocycles. The van der Waals surface area contributed by atoms with Crippen LogP contribution in [0.1, 0.15) is 19.3 Å². The van der Waals surface area contributed by atoms with Crippen molar-refractivity contribution in [1.29, 1.82) is 0 Å². The Morgan fingerprint density at radius 1 is 1.00 bits per heavy atom. The molecule has 10 heteroatoms. The van der Waals surface area contributed by atoms with Gasteiger partial charge in [0.05, 0.1) is 4.90 Å². The van der Waals surface area contributed by atoms with E-state index in [1.165, 1.54) is 12.1 Å². The number of benzene rings is 1. The molecule has 2 saturated heterocycles. The second kappa shape index (κ2) is 9.84. The van der Waals surface area contributed by atoms with Crippen LogP contribution in [0.2, 0.25) is 0 Å². The van der Waals surface area contributed by atoms with Gasteiger partial charge in [0, 0.05) is 58.2 Å². The molecule has 1 aromatic carbocycles. The minimum atomic E-state index is -3.78. The highest BCUT2D eigenvalue weighted by Crippen LogP contribution is 2.21. The molecule has 1 N–H and O–H groups in total. The lowest BCUT2D eigenvalue weighted by molar-refractivity contribution is -0.141. The SMILES string of the molecule is CN1CCN(C(=O)C2CCN(C(=O)CCNS(=O)(=O)c3ccc(F)cc3)CC2)CC1. The van der Waals surface area contributed by atoms with E-state index in [0.717, 1.165) is 38.3 Å². The van der Waals surface area contributed by atoms with Gasteiger partial charge >= 0.3 is 0 Å². The maximum absolute atomic E-state index is 12.9. The summed E-state index contributed by atoms with van der Waals surface area (Å²) in [6.45, 7) is 4.26. The van der Waals surface area contributed by atoms with Crippen LogP contribution in [0, 0.1) is 11.7 Å². The molecule has 1 aromatic rings. The first kappa shape index (κ1) is 22.6. The molecule has 2 amide bonds. The smallest absolute Gasteiger partial charge is 0.240 e. The lowest BCUT2D eigenvalue weighted by atomic mass is 9.94. The van der Waals surface area contributed by atoms with Crippen LogP contribution in [0.15, 0.2) is 29.2 Å². The van der Waals surface area contributed by atoms with Crippen LogP contribution in [0.5, 0.6) is 0 Å². The van der Waals surface area contributed by atoms with Crippen LogP contribution in [0.4, 0.5) is 4.39 Å². The third kappa shape index (κ3) is 5.77. The number of carbonyl (C=O) groups is 2. The predicted molar refractivity (Wildman–Crippen MR) is 110 cm³/mol. The summed E-state index contributed by atoms with van der Waals surface area (Å²) >= 11 is 0. The van der Waals surface area contributed by atoms with Gasteiger partial charge in [-0.1, -0.05) is 0 Å². The molecule has 2 heterocycles. The predicted octanol–water partition coefficient (Wildman–Crippen LogP) is 0.507. The first-order chi connectivity index (χ1) is 14.3. The molecule has 2 aliphatic rings. The fourth-order valence-corrected chi connectivity index (χ4v) is 4.84. The third-order valence-corrected chi connectivity index (χ3v) is 7.24. The van der Waals surface area contributed by atoms with Gasteiger partial charge in [-0.05, 0) is 44.2 Å². The number of hydrogen-bond donors (Lipinski definition) is 1. The Morgan fingerprint density at radius 3 is 2.20 bits per heavy atom. The van der Waals surface area contributed by atoms with Gasteiger partial charge < -0.3 is 14.7 Å². The summed E-state index contributed by atoms with van der Waals surface area (Å²) in [6, 6.07) is 4.52. The van der Waals surface area contributed by atoms with E-state index in [2.05, 4.69) is 9.62 Å². The van der Waals surface area contributed by atoms with Gasteiger partial charge in [0.15, 0.2) is 0 Å². The van der Waals surface area contributed by atoms with Gasteiger partial charge in [-0.15, -0.1) is 0 Å². The highest BCUT2D eigenvalue weighted by Gasteiger charge is 2.31. The van der Waals surface area contributed by atoms with Crippen LogP contribution < -0.4 is 4.72 Å². The second-order valence-corrected chi connectivity index (χ2v) is 9.65. The van der Waals surface area contributed by atoms with E-state index in [1.807, 2.05) is 11.9 Å². The minimum Gasteiger partial charge on any atom is -0.343 e. The number of sulfonamides is 1. The first-order valence-electron chi connectivity index (χ1n) is 10.3. The lowest BCUT2D eigenvalue weighted by Gasteiger charge is -2.37. The van der Waals surface area contributed by atoms with E-state index in [9.17, 15) is 22.4 Å². The number of carbonyl (C=O) groups excluding carboxylic acids is 2. The standard InChI is InChI=1S/C20H29FN4O4S/c1-23-12-14-25(15-13-23)20(27)16-7-10-24(11-8-16)19(26)6-9-22-30(28,29)18-4-2-17(21)3-5-18/h2-5,16,22H,6-15H2,1H3. The highest BCUT2D eigenvalue weighted by molar-refractivity contribution is 7.89. The molecule has 0 aliphatic carbocycles. The molecule has 0 saturated carbocycles. The van der Waals surface area contributed by atoms with Gasteiger partial charge in [0.25, 0.3) is 0 Å². The van der Waals surface area contributed by atoms with E-state index in [4.69, 9.17) is 0 Å². The largest absolute Gasteiger partial charge is 0.343 e. The molecular weight excluding hydrogens is 411 g/mol. The van der Waals surface area contributed by atoms with Crippen molar-refractivity contribution >= 4 is 21.8 Å². The topological polar surface area (TPSA) is 90.0 Å². The van der Waals surface area contributed by atoms with Crippen molar-refractivity contribution in [3.63, 3.8) is 0 Å². The summed E-state index contributed by atoms with van der Waals surface area (Å²) in [5, 5.41) is 0. The summed E-state index contributed by atoms with van der Waals surface area (Å²) in [5.74, 6) is -0.516. The number of piperazine rings is 1. The Morgan fingerprint density at radius 2 is 1.60 bits per heavy atom. The van der Waals surface area contributed by atoms with Crippen molar-refractivity contribution in [2.75, 3.05) is 52.9 Å². The van der Waals surface area contributed by atoms with E-state index in [1.54, 1.807) is 4.90 Å². The molecule has 3 rings (SSSR count). The quantitative estimate of drug-likeness (QED) is 0.696. The Hall–Kier alpha value is -2.04. The van der Waals surface area contributed by atoms with Crippen molar-refractivity contribution in [3.05, 3.63) is 30.1 Å². The molecule has 2 fully saturated rings. The van der Waals surface area contributed by atoms with Crippen molar-refractivity contribution in [3.8, 4) is 0 Å². The Balaban J connectivity index is 1.41. The first-order valence-corrected chi connectivity index (χ1v) is 11.7. The molecule has 166 valence electrons. The molecule has 8 nitrogen and oxygen atoms in total. The minimum absolute atomic E-state index is 0.0291. The van der Waals surface area contributed by atoms with Gasteiger partial charge in [-0.3, -0.25) is 9.59 Å². The average molecular weight is 441 g/mol. The molecule has 0 unspecified atom stereocenters. The van der Waals surface area contributed by atoms with Gasteiger partial charge in [-0.2, -0.15) is 0 Å². The fourth-order valence-electron chi connectivity index (χ4n) is 3.81. The summed E-state index contributed by atoms with van der Waals surface area (Å²) in [5.41, 5.74) is 0. The van der Waals surface area contributed by atoms with E-state index < -0.39 is 15.8 Å². The van der Waals surface area contributed by atoms with E-state index in [0.29, 0.717) is 25.9 Å². The van der Waals surface area contributed by atoms with Crippen LogP contribution in [0.25, 0.3) is 0 Å². The number of amides is 2. The number of hydrogen-bond acceptors (Lipinski definition) is 5. The van der Waals surface area contributed by atoms with Crippen LogP contribution >= 0.6 is 0 Å². The Labute approximate surface area is 177 Å². The Bertz CT molecular complexity index is 846. The van der Waals surface area contributed by atoms with E-state index in [-0.39, 0.29) is 35.6 Å². The summed E-state index contributed by atoms with van der Waals surface area (Å²) in [4.78, 5) is 30.9. The fraction of sp³-hybridized carbons (Fsp3) is 0.600. The van der Waals surface area contributed by atoms with Gasteiger partial charge in [0.1, 0.15) is 5.82 Å². The highest BCUT2D eigenvalue weighted by atomic mass is 32.2. The number of likely N-dealkylation sites (N-methyl/N-ethyl adjacent to an activating group) is 1. The molecule has 30 heavy (non-hydrogen) atoms. The number of piperidine rings is 1. The second-order valence-electron chi connectivity index (χ2n) is 7.89. The zero-order chi connectivity index (χ0) is 21.7. The monoisotopic (exact) mass is 440 g/mol. The average Bonchev–Trinajstić information content (AvgIpc) is 2.74. The zero-order valence-electron chi connectivity index (χ0n) is 17.2. The molecule has 0 aromatic heterocycles. The van der Waals surface area contributed by atoms with Crippen LogP contribution in [-0.4, -0.2) is 87.8 Å². The molecule has 0 bridgehead atoms. The van der Waals surface area contributed by atoms with Crippen molar-refractivity contribution in [2.24, 2.45) is 5.92 Å². The molecule has 0 spiro atoms.